The van der Waals surface area contributed by atoms with Crippen molar-refractivity contribution in [1.82, 2.24) is 0 Å². The molecule has 0 saturated heterocycles. The molecule has 0 saturated carbocycles. The first-order valence-electron chi connectivity index (χ1n) is 4.36. The molecule has 0 aliphatic carbocycles. The van der Waals surface area contributed by atoms with Gasteiger partial charge >= 0.3 is 0 Å². The first kappa shape index (κ1) is 13.0. The van der Waals surface area contributed by atoms with Gasteiger partial charge in [-0.2, -0.15) is 0 Å². The number of benzene rings is 1. The van der Waals surface area contributed by atoms with Gasteiger partial charge in [0.25, 0.3) is 0 Å². The van der Waals surface area contributed by atoms with Crippen LogP contribution in [0.2, 0.25) is 0 Å². The third-order valence-electron chi connectivity index (χ3n) is 2.02. The fourth-order valence-corrected chi connectivity index (χ4v) is 2.02. The van der Waals surface area contributed by atoms with Gasteiger partial charge in [-0.25, -0.2) is 23.1 Å². The van der Waals surface area contributed by atoms with Gasteiger partial charge in [-0.05, 0) is 12.1 Å². The number of nitrogens with two attached hydrogens (primary N) is 1. The maximum Gasteiger partial charge on any atom is 0.178 e. The quantitative estimate of drug-likeness (QED) is 0.635. The summed E-state index contributed by atoms with van der Waals surface area (Å²) in [4.78, 5) is 3.67. The topological polar surface area (TPSA) is 69.4 Å². The summed E-state index contributed by atoms with van der Waals surface area (Å²) >= 11 is 0. The van der Waals surface area contributed by atoms with E-state index >= 15 is 0 Å². The molecule has 0 bridgehead atoms. The second-order valence-electron chi connectivity index (χ2n) is 3.23. The zero-order valence-corrected chi connectivity index (χ0v) is 9.35. The highest BCUT2D eigenvalue weighted by Crippen LogP contribution is 2.21. The largest absolute Gasteiger partial charge is 0.304 e. The molecule has 1 aromatic rings. The summed E-state index contributed by atoms with van der Waals surface area (Å²) in [5.41, 5.74) is -0.339. The fraction of sp³-hybridized carbons (Fsp3) is 0.333. The summed E-state index contributed by atoms with van der Waals surface area (Å²) in [5.74, 6) is 2.84. The van der Waals surface area contributed by atoms with Crippen molar-refractivity contribution in [3.8, 4) is 0 Å². The van der Waals surface area contributed by atoms with E-state index in [1.807, 2.05) is 0 Å². The lowest BCUT2D eigenvalue weighted by Crippen LogP contribution is -2.10. The zero-order chi connectivity index (χ0) is 12.3. The number of hydrogen-bond acceptors (Lipinski definition) is 4. The Morgan fingerprint density at radius 2 is 2.00 bits per heavy atom. The van der Waals surface area contributed by atoms with Gasteiger partial charge in [-0.1, -0.05) is 0 Å². The first-order chi connectivity index (χ1) is 7.38. The van der Waals surface area contributed by atoms with E-state index < -0.39 is 26.4 Å². The Bertz CT molecular complexity index is 488. The highest BCUT2D eigenvalue weighted by molar-refractivity contribution is 7.90. The second kappa shape index (κ2) is 4.86. The fourth-order valence-electron chi connectivity index (χ4n) is 1.25. The molecule has 4 nitrogen and oxygen atoms in total. The van der Waals surface area contributed by atoms with E-state index in [9.17, 15) is 17.2 Å². The molecule has 1 aromatic carbocycles. The highest BCUT2D eigenvalue weighted by Gasteiger charge is 2.19. The van der Waals surface area contributed by atoms with Gasteiger partial charge in [0.1, 0.15) is 16.5 Å². The Morgan fingerprint density at radius 1 is 1.38 bits per heavy atom. The van der Waals surface area contributed by atoms with Gasteiger partial charge in [0.2, 0.25) is 0 Å². The van der Waals surface area contributed by atoms with Crippen molar-refractivity contribution >= 4 is 9.84 Å². The summed E-state index contributed by atoms with van der Waals surface area (Å²) in [6.45, 7) is -0.0962. The molecule has 1 rings (SSSR count). The molecular weight excluding hydrogens is 240 g/mol. The summed E-state index contributed by atoms with van der Waals surface area (Å²) in [7, 11) is -3.71. The van der Waals surface area contributed by atoms with Crippen LogP contribution < -0.4 is 5.90 Å². The number of sulfone groups is 1. The van der Waals surface area contributed by atoms with E-state index in [1.165, 1.54) is 0 Å². The van der Waals surface area contributed by atoms with Gasteiger partial charge in [-0.3, -0.25) is 0 Å². The van der Waals surface area contributed by atoms with E-state index in [2.05, 4.69) is 4.84 Å². The summed E-state index contributed by atoms with van der Waals surface area (Å²) in [6, 6.07) is 1.80. The molecule has 0 radical (unpaired) electrons. The summed E-state index contributed by atoms with van der Waals surface area (Å²) in [6.07, 6.45) is 0.726. The maximum absolute atomic E-state index is 13.6. The van der Waals surface area contributed by atoms with Crippen LogP contribution in [0.5, 0.6) is 0 Å². The van der Waals surface area contributed by atoms with Crippen molar-refractivity contribution < 1.29 is 22.0 Å². The molecule has 0 unspecified atom stereocenters. The van der Waals surface area contributed by atoms with Gasteiger partial charge in [0.05, 0.1) is 6.61 Å². The van der Waals surface area contributed by atoms with Crippen LogP contribution in [0, 0.1) is 11.6 Å². The molecule has 0 spiro atoms. The van der Waals surface area contributed by atoms with Crippen LogP contribution in [0.25, 0.3) is 0 Å². The van der Waals surface area contributed by atoms with E-state index in [4.69, 9.17) is 5.90 Å². The number of halogens is 2. The molecular formula is C9H11F2NO3S. The first-order valence-corrected chi connectivity index (χ1v) is 6.25. The molecule has 0 aliphatic heterocycles. The molecule has 7 heteroatoms. The molecule has 0 heterocycles. The van der Waals surface area contributed by atoms with Crippen LogP contribution in [-0.4, -0.2) is 21.3 Å². The van der Waals surface area contributed by atoms with Crippen molar-refractivity contribution in [3.05, 3.63) is 29.3 Å². The van der Waals surface area contributed by atoms with Crippen molar-refractivity contribution in [3.63, 3.8) is 0 Å². The van der Waals surface area contributed by atoms with Crippen LogP contribution in [-0.2, 0) is 21.1 Å². The van der Waals surface area contributed by atoms with E-state index in [1.54, 1.807) is 0 Å². The van der Waals surface area contributed by atoms with E-state index in [0.29, 0.717) is 0 Å². The van der Waals surface area contributed by atoms with Crippen LogP contribution >= 0.6 is 0 Å². The zero-order valence-electron chi connectivity index (χ0n) is 8.54. The maximum atomic E-state index is 13.6. The van der Waals surface area contributed by atoms with Crippen molar-refractivity contribution in [2.24, 2.45) is 5.90 Å². The normalized spacial score (nSPS) is 11.8. The molecule has 0 aromatic heterocycles. The Kier molecular flexibility index (Phi) is 3.95. The van der Waals surface area contributed by atoms with Crippen molar-refractivity contribution in [2.45, 2.75) is 11.3 Å². The summed E-state index contributed by atoms with van der Waals surface area (Å²) in [5, 5.41) is 0. The van der Waals surface area contributed by atoms with Crippen molar-refractivity contribution in [2.75, 3.05) is 12.9 Å². The lowest BCUT2D eigenvalue weighted by atomic mass is 10.1. The Hall–Kier alpha value is -1.05. The number of rotatable bonds is 4. The standard InChI is InChI=1S/C9H11F2NO3S/c1-16(13,14)8-3-2-7(10)6(9(8)11)4-5-15-12/h2-3H,4-5,12H2,1H3. The average Bonchev–Trinajstić information content (AvgIpc) is 2.15. The predicted octanol–water partition coefficient (Wildman–Crippen LogP) is 0.801. The molecule has 16 heavy (non-hydrogen) atoms. The second-order valence-corrected chi connectivity index (χ2v) is 5.22. The van der Waals surface area contributed by atoms with Crippen LogP contribution in [0.3, 0.4) is 0 Å². The van der Waals surface area contributed by atoms with Gasteiger partial charge in [-0.15, -0.1) is 0 Å². The van der Waals surface area contributed by atoms with Gasteiger partial charge in [0.15, 0.2) is 9.84 Å². The van der Waals surface area contributed by atoms with Crippen LogP contribution in [0.4, 0.5) is 8.78 Å². The van der Waals surface area contributed by atoms with Crippen LogP contribution in [0.15, 0.2) is 17.0 Å². The molecule has 0 amide bonds. The summed E-state index contributed by atoms with van der Waals surface area (Å²) < 4.78 is 49.2. The molecule has 0 fully saturated rings. The molecule has 0 aliphatic rings. The van der Waals surface area contributed by atoms with Crippen molar-refractivity contribution in [1.29, 1.82) is 0 Å². The van der Waals surface area contributed by atoms with Gasteiger partial charge in [0, 0.05) is 18.2 Å². The van der Waals surface area contributed by atoms with E-state index in [0.717, 1.165) is 18.4 Å². The predicted molar refractivity (Wildman–Crippen MR) is 53.3 cm³/mol. The third kappa shape index (κ3) is 2.75. The smallest absolute Gasteiger partial charge is 0.178 e. The number of hydrogen-bond donors (Lipinski definition) is 1. The lowest BCUT2D eigenvalue weighted by Gasteiger charge is -2.07. The third-order valence-corrected chi connectivity index (χ3v) is 3.13. The SMILES string of the molecule is CS(=O)(=O)c1ccc(F)c(CCON)c1F. The molecule has 90 valence electrons. The minimum atomic E-state index is -3.71. The van der Waals surface area contributed by atoms with Crippen LogP contribution in [0.1, 0.15) is 5.56 Å². The Balaban J connectivity index is 3.27. The minimum Gasteiger partial charge on any atom is -0.304 e. The molecule has 0 atom stereocenters. The minimum absolute atomic E-state index is 0.0962. The Morgan fingerprint density at radius 3 is 2.50 bits per heavy atom. The Labute approximate surface area is 91.9 Å². The molecule has 2 N–H and O–H groups in total. The highest BCUT2D eigenvalue weighted by atomic mass is 32.2. The van der Waals surface area contributed by atoms with Gasteiger partial charge < -0.3 is 4.84 Å². The average molecular weight is 251 g/mol. The van der Waals surface area contributed by atoms with E-state index in [-0.39, 0.29) is 18.6 Å². The lowest BCUT2D eigenvalue weighted by molar-refractivity contribution is 0.140. The monoisotopic (exact) mass is 251 g/mol.